The average molecular weight is 206 g/mol. The fraction of sp³-hybridized carbons (Fsp3) is 0.273. The van der Waals surface area contributed by atoms with E-state index in [0.717, 1.165) is 5.56 Å². The van der Waals surface area contributed by atoms with Gasteiger partial charge < -0.3 is 9.47 Å². The van der Waals surface area contributed by atoms with Crippen LogP contribution in [0.5, 0.6) is 0 Å². The Kier molecular flexibility index (Phi) is 2.01. The van der Waals surface area contributed by atoms with E-state index in [0.29, 0.717) is 13.2 Å². The van der Waals surface area contributed by atoms with Gasteiger partial charge in [0.2, 0.25) is 0 Å². The fourth-order valence-electron chi connectivity index (χ4n) is 1.68. The minimum atomic E-state index is -0.153. The summed E-state index contributed by atoms with van der Waals surface area (Å²) < 4.78 is 12.2. The highest BCUT2D eigenvalue weighted by Gasteiger charge is 2.18. The van der Waals surface area contributed by atoms with E-state index in [1.54, 1.807) is 11.3 Å². The topological polar surface area (TPSA) is 18.5 Å². The second-order valence-corrected chi connectivity index (χ2v) is 4.24. The van der Waals surface area contributed by atoms with Crippen molar-refractivity contribution in [2.24, 2.45) is 0 Å². The Morgan fingerprint density at radius 1 is 1.14 bits per heavy atom. The Balaban J connectivity index is 2.04. The lowest BCUT2D eigenvalue weighted by Gasteiger charge is -2.08. The van der Waals surface area contributed by atoms with Gasteiger partial charge in [0.1, 0.15) is 0 Å². The molecule has 0 spiro atoms. The van der Waals surface area contributed by atoms with E-state index in [1.807, 2.05) is 0 Å². The van der Waals surface area contributed by atoms with Crippen LogP contribution in [-0.4, -0.2) is 13.2 Å². The zero-order chi connectivity index (χ0) is 9.38. The summed E-state index contributed by atoms with van der Waals surface area (Å²) in [6.07, 6.45) is -0.153. The Morgan fingerprint density at radius 2 is 2.00 bits per heavy atom. The van der Waals surface area contributed by atoms with Crippen molar-refractivity contribution in [1.82, 2.24) is 0 Å². The maximum Gasteiger partial charge on any atom is 0.184 e. The molecule has 0 radical (unpaired) electrons. The predicted octanol–water partition coefficient (Wildman–Crippen LogP) is 2.95. The van der Waals surface area contributed by atoms with Gasteiger partial charge in [-0.2, -0.15) is 0 Å². The lowest BCUT2D eigenvalue weighted by atomic mass is 10.1. The molecule has 2 aromatic rings. The van der Waals surface area contributed by atoms with Crippen LogP contribution in [0, 0.1) is 0 Å². The van der Waals surface area contributed by atoms with E-state index in [4.69, 9.17) is 9.47 Å². The van der Waals surface area contributed by atoms with E-state index >= 15 is 0 Å². The highest BCUT2D eigenvalue weighted by atomic mass is 32.1. The highest BCUT2D eigenvalue weighted by molar-refractivity contribution is 7.17. The van der Waals surface area contributed by atoms with Crippen molar-refractivity contribution in [3.63, 3.8) is 0 Å². The first kappa shape index (κ1) is 8.41. The molecule has 1 aromatic heterocycles. The van der Waals surface area contributed by atoms with Gasteiger partial charge in [-0.05, 0) is 29.0 Å². The van der Waals surface area contributed by atoms with Crippen molar-refractivity contribution in [3.05, 3.63) is 35.2 Å². The number of benzene rings is 1. The molecule has 2 nitrogen and oxygen atoms in total. The van der Waals surface area contributed by atoms with Gasteiger partial charge in [0.15, 0.2) is 6.29 Å². The van der Waals surface area contributed by atoms with E-state index in [2.05, 4.69) is 29.6 Å². The van der Waals surface area contributed by atoms with Crippen LogP contribution < -0.4 is 0 Å². The molecule has 3 rings (SSSR count). The van der Waals surface area contributed by atoms with Crippen molar-refractivity contribution >= 4 is 21.4 Å². The second-order valence-electron chi connectivity index (χ2n) is 3.29. The van der Waals surface area contributed by atoms with Crippen LogP contribution in [0.15, 0.2) is 29.6 Å². The number of thiophene rings is 1. The van der Waals surface area contributed by atoms with Gasteiger partial charge in [-0.3, -0.25) is 0 Å². The van der Waals surface area contributed by atoms with Crippen LogP contribution in [0.1, 0.15) is 11.9 Å². The normalized spacial score (nSPS) is 18.0. The van der Waals surface area contributed by atoms with Crippen LogP contribution in [0.3, 0.4) is 0 Å². The van der Waals surface area contributed by atoms with Crippen LogP contribution in [0.25, 0.3) is 10.1 Å². The summed E-state index contributed by atoms with van der Waals surface area (Å²) in [4.78, 5) is 0. The summed E-state index contributed by atoms with van der Waals surface area (Å²) in [6, 6.07) is 8.47. The zero-order valence-corrected chi connectivity index (χ0v) is 8.42. The molecule has 0 amide bonds. The molecule has 0 bridgehead atoms. The molecule has 3 heteroatoms. The standard InChI is InChI=1S/C11H10O2S/c1-2-10-8(3-6-14-10)7-9(1)11-12-4-5-13-11/h1-3,6-7,11H,4-5H2. The Labute approximate surface area is 86.1 Å². The molecule has 1 aliphatic rings. The minimum Gasteiger partial charge on any atom is -0.346 e. The quantitative estimate of drug-likeness (QED) is 0.714. The Morgan fingerprint density at radius 3 is 2.86 bits per heavy atom. The molecule has 0 unspecified atom stereocenters. The maximum atomic E-state index is 5.45. The first-order valence-corrected chi connectivity index (χ1v) is 5.52. The van der Waals surface area contributed by atoms with Crippen molar-refractivity contribution < 1.29 is 9.47 Å². The molecule has 0 N–H and O–H groups in total. The number of hydrogen-bond donors (Lipinski definition) is 0. The van der Waals surface area contributed by atoms with E-state index in [1.165, 1.54) is 10.1 Å². The fourth-order valence-corrected chi connectivity index (χ4v) is 2.45. The second kappa shape index (κ2) is 3.35. The molecule has 1 fully saturated rings. The van der Waals surface area contributed by atoms with Gasteiger partial charge in [-0.25, -0.2) is 0 Å². The molecule has 0 saturated carbocycles. The first-order valence-electron chi connectivity index (χ1n) is 4.64. The van der Waals surface area contributed by atoms with Gasteiger partial charge in [0, 0.05) is 10.3 Å². The van der Waals surface area contributed by atoms with Crippen molar-refractivity contribution in [3.8, 4) is 0 Å². The average Bonchev–Trinajstić information content (AvgIpc) is 2.88. The Bertz CT molecular complexity index is 443. The molecule has 72 valence electrons. The number of fused-ring (bicyclic) bond motifs is 1. The summed E-state index contributed by atoms with van der Waals surface area (Å²) in [5.41, 5.74) is 1.12. The third-order valence-corrected chi connectivity index (χ3v) is 3.27. The van der Waals surface area contributed by atoms with Crippen molar-refractivity contribution in [2.75, 3.05) is 13.2 Å². The van der Waals surface area contributed by atoms with Crippen molar-refractivity contribution in [1.29, 1.82) is 0 Å². The summed E-state index contributed by atoms with van der Waals surface area (Å²) in [5, 5.41) is 3.37. The third kappa shape index (κ3) is 1.34. The van der Waals surface area contributed by atoms with Crippen LogP contribution >= 0.6 is 11.3 Å². The number of hydrogen-bond acceptors (Lipinski definition) is 3. The SMILES string of the molecule is c1cc2cc(C3OCCO3)ccc2s1. The molecule has 0 aliphatic carbocycles. The molecule has 1 saturated heterocycles. The first-order chi connectivity index (χ1) is 6.93. The van der Waals surface area contributed by atoms with E-state index in [9.17, 15) is 0 Å². The van der Waals surface area contributed by atoms with E-state index < -0.39 is 0 Å². The lowest BCUT2D eigenvalue weighted by molar-refractivity contribution is -0.0440. The van der Waals surface area contributed by atoms with Gasteiger partial charge in [0.25, 0.3) is 0 Å². The smallest absolute Gasteiger partial charge is 0.184 e. The highest BCUT2D eigenvalue weighted by Crippen LogP contribution is 2.28. The summed E-state index contributed by atoms with van der Waals surface area (Å²) >= 11 is 1.76. The van der Waals surface area contributed by atoms with Gasteiger partial charge in [-0.15, -0.1) is 11.3 Å². The van der Waals surface area contributed by atoms with Crippen LogP contribution in [0.4, 0.5) is 0 Å². The Hall–Kier alpha value is -0.900. The number of ether oxygens (including phenoxy) is 2. The molecule has 2 heterocycles. The minimum absolute atomic E-state index is 0.153. The molecular weight excluding hydrogens is 196 g/mol. The maximum absolute atomic E-state index is 5.45. The molecule has 14 heavy (non-hydrogen) atoms. The summed E-state index contributed by atoms with van der Waals surface area (Å²) in [7, 11) is 0. The lowest BCUT2D eigenvalue weighted by Crippen LogP contribution is -1.96. The van der Waals surface area contributed by atoms with E-state index in [-0.39, 0.29) is 6.29 Å². The summed E-state index contributed by atoms with van der Waals surface area (Å²) in [5.74, 6) is 0. The molecule has 1 aliphatic heterocycles. The molecular formula is C11H10O2S. The molecule has 0 atom stereocenters. The largest absolute Gasteiger partial charge is 0.346 e. The number of rotatable bonds is 1. The zero-order valence-electron chi connectivity index (χ0n) is 7.60. The van der Waals surface area contributed by atoms with Crippen LogP contribution in [-0.2, 0) is 9.47 Å². The van der Waals surface area contributed by atoms with Gasteiger partial charge in [-0.1, -0.05) is 6.07 Å². The van der Waals surface area contributed by atoms with Gasteiger partial charge in [0.05, 0.1) is 13.2 Å². The monoisotopic (exact) mass is 206 g/mol. The van der Waals surface area contributed by atoms with Crippen LogP contribution in [0.2, 0.25) is 0 Å². The molecule has 1 aromatic carbocycles. The van der Waals surface area contributed by atoms with Crippen molar-refractivity contribution in [2.45, 2.75) is 6.29 Å². The summed E-state index contributed by atoms with van der Waals surface area (Å²) in [6.45, 7) is 1.40. The third-order valence-electron chi connectivity index (χ3n) is 2.37. The predicted molar refractivity (Wildman–Crippen MR) is 56.5 cm³/mol. The van der Waals surface area contributed by atoms with Gasteiger partial charge >= 0.3 is 0 Å².